The van der Waals surface area contributed by atoms with E-state index >= 15 is 0 Å². The fourth-order valence-corrected chi connectivity index (χ4v) is 2.20. The quantitative estimate of drug-likeness (QED) is 0.639. The van der Waals surface area contributed by atoms with Gasteiger partial charge in [-0.15, -0.1) is 0 Å². The Labute approximate surface area is 127 Å². The first kappa shape index (κ1) is 15.7. The number of benzene rings is 1. The average Bonchev–Trinajstić information content (AvgIpc) is 2.50. The number of hydrogen-bond acceptors (Lipinski definition) is 5. The van der Waals surface area contributed by atoms with Gasteiger partial charge in [-0.05, 0) is 12.5 Å². The van der Waals surface area contributed by atoms with Crippen LogP contribution in [0.15, 0.2) is 30.3 Å². The molecule has 0 bridgehead atoms. The number of nitrogens with one attached hydrogen (secondary N) is 2. The third-order valence-corrected chi connectivity index (χ3v) is 3.56. The van der Waals surface area contributed by atoms with Crippen LogP contribution in [0.25, 0.3) is 0 Å². The molecule has 22 heavy (non-hydrogen) atoms. The number of amides is 4. The second kappa shape index (κ2) is 5.97. The third-order valence-electron chi connectivity index (χ3n) is 3.56. The standard InChI is InChI=1S/C15H16N2O5/c1-3-10(18)22-11(9-7-5-4-6-8-9)15(2)12(19)16-14(21)17-13(15)20/h4-8,11H,3H2,1-2H3,(H2,16,17,19,20,21)/t11-/m1/s1. The highest BCUT2D eigenvalue weighted by Crippen LogP contribution is 2.39. The molecule has 1 aliphatic rings. The summed E-state index contributed by atoms with van der Waals surface area (Å²) in [6, 6.07) is 7.58. The number of carbonyl (C=O) groups excluding carboxylic acids is 4. The van der Waals surface area contributed by atoms with Gasteiger partial charge in [0.25, 0.3) is 0 Å². The Bertz CT molecular complexity index is 606. The van der Waals surface area contributed by atoms with E-state index in [4.69, 9.17) is 4.74 Å². The predicted octanol–water partition coefficient (Wildman–Crippen LogP) is 1.05. The maximum absolute atomic E-state index is 12.2. The molecule has 1 aliphatic heterocycles. The monoisotopic (exact) mass is 304 g/mol. The van der Waals surface area contributed by atoms with Gasteiger partial charge in [0.05, 0.1) is 0 Å². The van der Waals surface area contributed by atoms with E-state index in [9.17, 15) is 19.2 Å². The van der Waals surface area contributed by atoms with Gasteiger partial charge < -0.3 is 4.74 Å². The van der Waals surface area contributed by atoms with Crippen LogP contribution in [-0.2, 0) is 19.1 Å². The molecule has 4 amide bonds. The Morgan fingerprint density at radius 1 is 1.14 bits per heavy atom. The first-order chi connectivity index (χ1) is 10.4. The zero-order valence-electron chi connectivity index (χ0n) is 12.2. The highest BCUT2D eigenvalue weighted by Gasteiger charge is 2.54. The summed E-state index contributed by atoms with van der Waals surface area (Å²) in [6.07, 6.45) is -1.03. The molecule has 0 unspecified atom stereocenters. The zero-order valence-corrected chi connectivity index (χ0v) is 12.2. The molecular formula is C15H16N2O5. The van der Waals surface area contributed by atoms with Gasteiger partial charge in [0.2, 0.25) is 11.8 Å². The second-order valence-corrected chi connectivity index (χ2v) is 5.07. The summed E-state index contributed by atoms with van der Waals surface area (Å²) >= 11 is 0. The Morgan fingerprint density at radius 2 is 1.68 bits per heavy atom. The van der Waals surface area contributed by atoms with Crippen molar-refractivity contribution in [1.82, 2.24) is 10.6 Å². The van der Waals surface area contributed by atoms with E-state index < -0.39 is 35.3 Å². The van der Waals surface area contributed by atoms with Crippen LogP contribution in [0.1, 0.15) is 31.9 Å². The van der Waals surface area contributed by atoms with Crippen LogP contribution in [0, 0.1) is 5.41 Å². The number of rotatable bonds is 4. The first-order valence-corrected chi connectivity index (χ1v) is 6.81. The van der Waals surface area contributed by atoms with E-state index in [1.54, 1.807) is 37.3 Å². The number of urea groups is 1. The fraction of sp³-hybridized carbons (Fsp3) is 0.333. The molecule has 0 spiro atoms. The molecule has 1 aromatic carbocycles. The molecule has 2 N–H and O–H groups in total. The van der Waals surface area contributed by atoms with E-state index in [1.807, 2.05) is 10.6 Å². The number of ether oxygens (including phenoxy) is 1. The molecular weight excluding hydrogens is 288 g/mol. The Morgan fingerprint density at radius 3 is 2.18 bits per heavy atom. The molecule has 1 aromatic rings. The minimum atomic E-state index is -1.74. The summed E-state index contributed by atoms with van der Waals surface area (Å²) in [7, 11) is 0. The molecule has 1 fully saturated rings. The molecule has 1 saturated heterocycles. The van der Waals surface area contributed by atoms with Gasteiger partial charge in [-0.2, -0.15) is 0 Å². The number of esters is 1. The Kier molecular flexibility index (Phi) is 4.25. The molecule has 0 radical (unpaired) electrons. The highest BCUT2D eigenvalue weighted by atomic mass is 16.5. The van der Waals surface area contributed by atoms with Crippen LogP contribution < -0.4 is 10.6 Å². The lowest BCUT2D eigenvalue weighted by Gasteiger charge is -2.36. The van der Waals surface area contributed by atoms with Crippen LogP contribution in [0.5, 0.6) is 0 Å². The molecule has 116 valence electrons. The van der Waals surface area contributed by atoms with Gasteiger partial charge in [0, 0.05) is 6.42 Å². The molecule has 0 aromatic heterocycles. The number of barbiturate groups is 1. The summed E-state index contributed by atoms with van der Waals surface area (Å²) in [5, 5.41) is 4.08. The normalized spacial score (nSPS) is 18.2. The smallest absolute Gasteiger partial charge is 0.328 e. The average molecular weight is 304 g/mol. The minimum Gasteiger partial charge on any atom is -0.456 e. The molecule has 7 nitrogen and oxygen atoms in total. The van der Waals surface area contributed by atoms with Gasteiger partial charge in [-0.25, -0.2) is 4.79 Å². The van der Waals surface area contributed by atoms with Crippen molar-refractivity contribution >= 4 is 23.8 Å². The Hall–Kier alpha value is -2.70. The maximum atomic E-state index is 12.2. The summed E-state index contributed by atoms with van der Waals surface area (Å²) < 4.78 is 5.33. The van der Waals surface area contributed by atoms with E-state index in [-0.39, 0.29) is 6.42 Å². The molecule has 0 saturated carbocycles. The molecule has 0 aliphatic carbocycles. The van der Waals surface area contributed by atoms with Gasteiger partial charge in [0.1, 0.15) is 6.10 Å². The largest absolute Gasteiger partial charge is 0.456 e. The van der Waals surface area contributed by atoms with Gasteiger partial charge in [0.15, 0.2) is 5.41 Å². The lowest BCUT2D eigenvalue weighted by Crippen LogP contribution is -2.63. The first-order valence-electron chi connectivity index (χ1n) is 6.81. The number of imide groups is 2. The number of hydrogen-bond donors (Lipinski definition) is 2. The van der Waals surface area contributed by atoms with Crippen molar-refractivity contribution in [3.05, 3.63) is 35.9 Å². The summed E-state index contributed by atoms with van der Waals surface area (Å²) in [5.74, 6) is -2.16. The van der Waals surface area contributed by atoms with Crippen LogP contribution in [-0.4, -0.2) is 23.8 Å². The summed E-state index contributed by atoms with van der Waals surface area (Å²) in [5.41, 5.74) is -1.24. The van der Waals surface area contributed by atoms with Crippen molar-refractivity contribution in [3.8, 4) is 0 Å². The van der Waals surface area contributed by atoms with Crippen molar-refractivity contribution in [2.75, 3.05) is 0 Å². The predicted molar refractivity (Wildman–Crippen MR) is 75.4 cm³/mol. The van der Waals surface area contributed by atoms with Gasteiger partial charge >= 0.3 is 12.0 Å². The summed E-state index contributed by atoms with van der Waals surface area (Å²) in [4.78, 5) is 47.4. The zero-order chi connectivity index (χ0) is 16.3. The second-order valence-electron chi connectivity index (χ2n) is 5.07. The maximum Gasteiger partial charge on any atom is 0.328 e. The lowest BCUT2D eigenvalue weighted by atomic mass is 9.77. The van der Waals surface area contributed by atoms with Crippen molar-refractivity contribution < 1.29 is 23.9 Å². The number of carbonyl (C=O) groups is 4. The van der Waals surface area contributed by atoms with Crippen LogP contribution >= 0.6 is 0 Å². The van der Waals surface area contributed by atoms with Crippen molar-refractivity contribution in [2.45, 2.75) is 26.4 Å². The van der Waals surface area contributed by atoms with E-state index in [0.717, 1.165) is 0 Å². The third kappa shape index (κ3) is 2.69. The highest BCUT2D eigenvalue weighted by molar-refractivity contribution is 6.19. The molecule has 2 rings (SSSR count). The fourth-order valence-electron chi connectivity index (χ4n) is 2.20. The topological polar surface area (TPSA) is 102 Å². The van der Waals surface area contributed by atoms with Gasteiger partial charge in [-0.3, -0.25) is 25.0 Å². The van der Waals surface area contributed by atoms with Crippen LogP contribution in [0.3, 0.4) is 0 Å². The van der Waals surface area contributed by atoms with E-state index in [0.29, 0.717) is 5.56 Å². The molecule has 7 heteroatoms. The van der Waals surface area contributed by atoms with E-state index in [2.05, 4.69) is 0 Å². The lowest BCUT2D eigenvalue weighted by molar-refractivity contribution is -0.165. The Balaban J connectivity index is 2.47. The SMILES string of the molecule is CCC(=O)O[C@H](c1ccccc1)C1(C)C(=O)NC(=O)NC1=O. The van der Waals surface area contributed by atoms with Crippen LogP contribution in [0.4, 0.5) is 4.79 Å². The van der Waals surface area contributed by atoms with Crippen molar-refractivity contribution in [2.24, 2.45) is 5.41 Å². The minimum absolute atomic E-state index is 0.0988. The van der Waals surface area contributed by atoms with Crippen molar-refractivity contribution in [3.63, 3.8) is 0 Å². The van der Waals surface area contributed by atoms with E-state index in [1.165, 1.54) is 6.92 Å². The van der Waals surface area contributed by atoms with Crippen LogP contribution in [0.2, 0.25) is 0 Å². The molecule has 1 heterocycles. The van der Waals surface area contributed by atoms with Crippen molar-refractivity contribution in [1.29, 1.82) is 0 Å². The summed E-state index contributed by atoms with van der Waals surface area (Å²) in [6.45, 7) is 2.95. The molecule has 1 atom stereocenters. The van der Waals surface area contributed by atoms with Gasteiger partial charge in [-0.1, -0.05) is 37.3 Å².